The van der Waals surface area contributed by atoms with Crippen LogP contribution in [0.1, 0.15) is 23.3 Å². The first-order valence-corrected chi connectivity index (χ1v) is 6.09. The Bertz CT molecular complexity index is 609. The molecule has 1 unspecified atom stereocenters. The lowest BCUT2D eigenvalue weighted by Crippen LogP contribution is -2.11. The fourth-order valence-electron chi connectivity index (χ4n) is 2.12. The highest BCUT2D eigenvalue weighted by Gasteiger charge is 2.17. The fraction of sp³-hybridized carbons (Fsp3) is 0.385. The maximum Gasteiger partial charge on any atom is 0.231 e. The van der Waals surface area contributed by atoms with E-state index in [1.54, 1.807) is 16.8 Å². The molecular formula is C13H15N3O3. The lowest BCUT2D eigenvalue weighted by Gasteiger charge is -2.12. The minimum absolute atomic E-state index is 0.232. The van der Waals surface area contributed by atoms with Crippen LogP contribution in [-0.2, 0) is 6.54 Å². The van der Waals surface area contributed by atoms with Crippen molar-refractivity contribution in [3.8, 4) is 11.5 Å². The van der Waals surface area contributed by atoms with Gasteiger partial charge in [0, 0.05) is 0 Å². The van der Waals surface area contributed by atoms with Crippen molar-refractivity contribution in [2.45, 2.75) is 26.5 Å². The number of hydrogen-bond acceptors (Lipinski definition) is 5. The summed E-state index contributed by atoms with van der Waals surface area (Å²) in [7, 11) is 0. The Morgan fingerprint density at radius 2 is 2.11 bits per heavy atom. The third kappa shape index (κ3) is 2.26. The molecule has 1 aliphatic rings. The van der Waals surface area contributed by atoms with Gasteiger partial charge >= 0.3 is 0 Å². The molecule has 1 aromatic heterocycles. The highest BCUT2D eigenvalue weighted by molar-refractivity contribution is 5.45. The maximum atomic E-state index is 10.3. The third-order valence-corrected chi connectivity index (χ3v) is 3.09. The van der Waals surface area contributed by atoms with Crippen molar-refractivity contribution in [2.75, 3.05) is 6.79 Å². The smallest absolute Gasteiger partial charge is 0.231 e. The van der Waals surface area contributed by atoms with Gasteiger partial charge in [0.05, 0.1) is 12.6 Å². The van der Waals surface area contributed by atoms with Crippen LogP contribution in [0.2, 0.25) is 0 Å². The van der Waals surface area contributed by atoms with Gasteiger partial charge in [0.25, 0.3) is 0 Å². The molecule has 0 bridgehead atoms. The van der Waals surface area contributed by atoms with Gasteiger partial charge in [-0.25, -0.2) is 9.67 Å². The molecule has 0 amide bonds. The van der Waals surface area contributed by atoms with E-state index in [0.29, 0.717) is 23.9 Å². The van der Waals surface area contributed by atoms with Gasteiger partial charge in [-0.3, -0.25) is 0 Å². The second-order valence-electron chi connectivity index (χ2n) is 4.52. The predicted molar refractivity (Wildman–Crippen MR) is 67.0 cm³/mol. The van der Waals surface area contributed by atoms with Crippen LogP contribution in [0.25, 0.3) is 0 Å². The monoisotopic (exact) mass is 261 g/mol. The first-order chi connectivity index (χ1) is 9.13. The van der Waals surface area contributed by atoms with Crippen LogP contribution in [0.5, 0.6) is 11.5 Å². The molecule has 1 atom stereocenters. The van der Waals surface area contributed by atoms with Crippen LogP contribution in [0.15, 0.2) is 18.2 Å². The van der Waals surface area contributed by atoms with Crippen molar-refractivity contribution < 1.29 is 14.6 Å². The number of aliphatic hydroxyl groups excluding tert-OH is 1. The number of ether oxygens (including phenoxy) is 2. The Balaban J connectivity index is 1.80. The zero-order valence-electron chi connectivity index (χ0n) is 10.8. The van der Waals surface area contributed by atoms with E-state index < -0.39 is 6.10 Å². The largest absolute Gasteiger partial charge is 0.454 e. The van der Waals surface area contributed by atoms with E-state index in [4.69, 9.17) is 9.47 Å². The van der Waals surface area contributed by atoms with Crippen molar-refractivity contribution in [1.29, 1.82) is 0 Å². The first kappa shape index (κ1) is 12.0. The molecule has 0 radical (unpaired) electrons. The van der Waals surface area contributed by atoms with Gasteiger partial charge in [0.1, 0.15) is 11.6 Å². The van der Waals surface area contributed by atoms with Crippen LogP contribution in [0.4, 0.5) is 0 Å². The summed E-state index contributed by atoms with van der Waals surface area (Å²) in [4.78, 5) is 4.21. The van der Waals surface area contributed by atoms with Gasteiger partial charge in [-0.2, -0.15) is 5.10 Å². The lowest BCUT2D eigenvalue weighted by molar-refractivity contribution is 0.149. The van der Waals surface area contributed by atoms with E-state index in [1.807, 2.05) is 19.9 Å². The Morgan fingerprint density at radius 1 is 1.32 bits per heavy atom. The number of hydrogen-bond donors (Lipinski definition) is 1. The number of fused-ring (bicyclic) bond motifs is 1. The van der Waals surface area contributed by atoms with Gasteiger partial charge in [0.2, 0.25) is 6.79 Å². The normalized spacial score (nSPS) is 14.7. The summed E-state index contributed by atoms with van der Waals surface area (Å²) in [5.74, 6) is 2.87. The molecule has 3 rings (SSSR count). The molecule has 0 saturated heterocycles. The first-order valence-electron chi connectivity index (χ1n) is 6.09. The molecule has 2 heterocycles. The molecule has 0 aliphatic carbocycles. The Hall–Kier alpha value is -2.08. The van der Waals surface area contributed by atoms with Crippen LogP contribution in [0, 0.1) is 13.8 Å². The Kier molecular flexibility index (Phi) is 2.87. The van der Waals surface area contributed by atoms with Crippen molar-refractivity contribution >= 4 is 0 Å². The highest BCUT2D eigenvalue weighted by Crippen LogP contribution is 2.34. The molecule has 0 fully saturated rings. The molecule has 0 saturated carbocycles. The zero-order valence-corrected chi connectivity index (χ0v) is 10.8. The van der Waals surface area contributed by atoms with Gasteiger partial charge in [-0.15, -0.1) is 0 Å². The molecule has 6 heteroatoms. The number of aryl methyl sites for hydroxylation is 2. The minimum atomic E-state index is -0.658. The average molecular weight is 261 g/mol. The molecule has 100 valence electrons. The second-order valence-corrected chi connectivity index (χ2v) is 4.52. The molecule has 1 aromatic carbocycles. The quantitative estimate of drug-likeness (QED) is 0.903. The van der Waals surface area contributed by atoms with E-state index in [0.717, 1.165) is 11.4 Å². The van der Waals surface area contributed by atoms with E-state index in [2.05, 4.69) is 10.1 Å². The average Bonchev–Trinajstić information content (AvgIpc) is 2.95. The molecule has 19 heavy (non-hydrogen) atoms. The number of aromatic nitrogens is 3. The number of aliphatic hydroxyl groups is 1. The van der Waals surface area contributed by atoms with E-state index in [9.17, 15) is 5.11 Å². The molecule has 6 nitrogen and oxygen atoms in total. The fourth-order valence-corrected chi connectivity index (χ4v) is 2.12. The molecule has 1 N–H and O–H groups in total. The van der Waals surface area contributed by atoms with E-state index in [-0.39, 0.29) is 6.79 Å². The number of nitrogens with zero attached hydrogens (tertiary/aromatic N) is 3. The van der Waals surface area contributed by atoms with Crippen LogP contribution < -0.4 is 9.47 Å². The zero-order chi connectivity index (χ0) is 13.4. The van der Waals surface area contributed by atoms with Gasteiger partial charge in [-0.05, 0) is 31.5 Å². The molecule has 1 aliphatic heterocycles. The third-order valence-electron chi connectivity index (χ3n) is 3.09. The standard InChI is InChI=1S/C13H15N3O3/c1-8-14-9(2)16(15-8)6-11(17)10-3-4-12-13(5-10)19-7-18-12/h3-5,11,17H,6-7H2,1-2H3. The molecular weight excluding hydrogens is 246 g/mol. The summed E-state index contributed by atoms with van der Waals surface area (Å²) in [5, 5.41) is 14.5. The van der Waals surface area contributed by atoms with Crippen molar-refractivity contribution in [3.05, 3.63) is 35.4 Å². The summed E-state index contributed by atoms with van der Waals surface area (Å²) in [6.45, 7) is 4.30. The summed E-state index contributed by atoms with van der Waals surface area (Å²) in [6.07, 6.45) is -0.658. The summed E-state index contributed by atoms with van der Waals surface area (Å²) >= 11 is 0. The van der Waals surface area contributed by atoms with Crippen molar-refractivity contribution in [2.24, 2.45) is 0 Å². The Labute approximate surface area is 110 Å². The van der Waals surface area contributed by atoms with Gasteiger partial charge in [0.15, 0.2) is 11.5 Å². The summed E-state index contributed by atoms with van der Waals surface area (Å²) in [5.41, 5.74) is 0.775. The predicted octanol–water partition coefficient (Wildman–Crippen LogP) is 1.36. The SMILES string of the molecule is Cc1nc(C)n(CC(O)c2ccc3c(c2)OCO3)n1. The number of benzene rings is 1. The second kappa shape index (κ2) is 4.55. The van der Waals surface area contributed by atoms with Crippen LogP contribution in [-0.4, -0.2) is 26.7 Å². The van der Waals surface area contributed by atoms with Gasteiger partial charge in [-0.1, -0.05) is 6.07 Å². The molecule has 2 aromatic rings. The van der Waals surface area contributed by atoms with E-state index in [1.165, 1.54) is 0 Å². The summed E-state index contributed by atoms with van der Waals surface area (Å²) < 4.78 is 12.2. The van der Waals surface area contributed by atoms with Crippen LogP contribution in [0.3, 0.4) is 0 Å². The van der Waals surface area contributed by atoms with Crippen LogP contribution >= 0.6 is 0 Å². The van der Waals surface area contributed by atoms with Gasteiger partial charge < -0.3 is 14.6 Å². The maximum absolute atomic E-state index is 10.3. The van der Waals surface area contributed by atoms with Crippen molar-refractivity contribution in [3.63, 3.8) is 0 Å². The number of rotatable bonds is 3. The minimum Gasteiger partial charge on any atom is -0.454 e. The van der Waals surface area contributed by atoms with Crippen molar-refractivity contribution in [1.82, 2.24) is 14.8 Å². The molecule has 0 spiro atoms. The van der Waals surface area contributed by atoms with E-state index >= 15 is 0 Å². The highest BCUT2D eigenvalue weighted by atomic mass is 16.7. The topological polar surface area (TPSA) is 69.4 Å². The summed E-state index contributed by atoms with van der Waals surface area (Å²) in [6, 6.07) is 5.43. The Morgan fingerprint density at radius 3 is 2.84 bits per heavy atom. The lowest BCUT2D eigenvalue weighted by atomic mass is 10.1.